The number of amides is 1. The lowest BCUT2D eigenvalue weighted by atomic mass is 10.1. The van der Waals surface area contributed by atoms with Crippen LogP contribution in [0.4, 0.5) is 8.78 Å². The molecule has 1 aliphatic heterocycles. The number of carbonyl (C=O) groups is 1. The highest BCUT2D eigenvalue weighted by molar-refractivity contribution is 7.12. The summed E-state index contributed by atoms with van der Waals surface area (Å²) in [5.74, 6) is -4.99. The Morgan fingerprint density at radius 1 is 1.28 bits per heavy atom. The molecule has 1 aromatic heterocycles. The molecule has 3 N–H and O–H groups in total. The van der Waals surface area contributed by atoms with Crippen molar-refractivity contribution in [2.24, 2.45) is 4.99 Å². The number of nitrogens with one attached hydrogen (secondary N) is 1. The number of benzene rings is 1. The Bertz CT molecular complexity index is 1010. The summed E-state index contributed by atoms with van der Waals surface area (Å²) in [5, 5.41) is 24.6. The maximum absolute atomic E-state index is 13.6. The summed E-state index contributed by atoms with van der Waals surface area (Å²) in [4.78, 5) is 17.3. The van der Waals surface area contributed by atoms with E-state index in [0.717, 1.165) is 4.88 Å². The van der Waals surface area contributed by atoms with E-state index in [9.17, 15) is 23.8 Å². The highest BCUT2D eigenvalue weighted by Gasteiger charge is 2.26. The van der Waals surface area contributed by atoms with Crippen molar-refractivity contribution in [2.45, 2.75) is 18.9 Å². The molecule has 1 aromatic carbocycles. The van der Waals surface area contributed by atoms with Crippen LogP contribution in [0.25, 0.3) is 0 Å². The number of hydrogen-bond acceptors (Lipinski definition) is 5. The van der Waals surface area contributed by atoms with Crippen LogP contribution in [0, 0.1) is 0 Å². The molecule has 0 saturated heterocycles. The van der Waals surface area contributed by atoms with Gasteiger partial charge in [-0.15, -0.1) is 11.3 Å². The summed E-state index contributed by atoms with van der Waals surface area (Å²) in [6, 6.07) is 9.13. The van der Waals surface area contributed by atoms with Crippen LogP contribution in [0.1, 0.15) is 22.4 Å². The van der Waals surface area contributed by atoms with E-state index in [4.69, 9.17) is 0 Å². The number of aliphatic hydroxyl groups excluding tert-OH is 2. The molecule has 0 saturated carbocycles. The van der Waals surface area contributed by atoms with E-state index in [1.54, 1.807) is 0 Å². The quantitative estimate of drug-likeness (QED) is 0.595. The Morgan fingerprint density at radius 3 is 2.62 bits per heavy atom. The molecule has 29 heavy (non-hydrogen) atoms. The molecule has 2 heterocycles. The van der Waals surface area contributed by atoms with Crippen LogP contribution in [-0.4, -0.2) is 21.8 Å². The van der Waals surface area contributed by atoms with Gasteiger partial charge in [-0.3, -0.25) is 4.79 Å². The van der Waals surface area contributed by atoms with Crippen LogP contribution in [0.5, 0.6) is 0 Å². The first-order chi connectivity index (χ1) is 13.8. The molecule has 0 bridgehead atoms. The zero-order valence-corrected chi connectivity index (χ0v) is 16.0. The lowest BCUT2D eigenvalue weighted by Gasteiger charge is -2.12. The van der Waals surface area contributed by atoms with Crippen LogP contribution in [0.3, 0.4) is 0 Å². The number of hydrogen-bond donors (Lipinski definition) is 3. The summed E-state index contributed by atoms with van der Waals surface area (Å²) in [5.41, 5.74) is 0.829. The molecule has 0 atom stereocenters. The number of allylic oxidation sites excluding steroid dienone is 2. The number of halogens is 2. The first-order valence-corrected chi connectivity index (χ1v) is 9.53. The zero-order valence-electron chi connectivity index (χ0n) is 15.2. The van der Waals surface area contributed by atoms with Gasteiger partial charge >= 0.3 is 0 Å². The number of thiophene rings is 1. The van der Waals surface area contributed by atoms with Crippen molar-refractivity contribution in [3.8, 4) is 0 Å². The number of carbonyl (C=O) groups excluding carboxylic acids is 1. The van der Waals surface area contributed by atoms with Gasteiger partial charge in [0.1, 0.15) is 0 Å². The first kappa shape index (κ1) is 20.5. The fraction of sp³-hybridized carbons (Fsp3) is 0.143. The number of aliphatic imine (C=N–C) groups is 1. The van der Waals surface area contributed by atoms with Gasteiger partial charge in [-0.05, 0) is 23.1 Å². The lowest BCUT2D eigenvalue weighted by molar-refractivity contribution is -0.117. The fourth-order valence-corrected chi connectivity index (χ4v) is 3.41. The minimum Gasteiger partial charge on any atom is -0.503 e. The summed E-state index contributed by atoms with van der Waals surface area (Å²) in [7, 11) is 0. The van der Waals surface area contributed by atoms with Crippen molar-refractivity contribution in [1.82, 2.24) is 5.32 Å². The average molecular weight is 416 g/mol. The van der Waals surface area contributed by atoms with Crippen LogP contribution in [0.15, 0.2) is 82.7 Å². The predicted molar refractivity (Wildman–Crippen MR) is 108 cm³/mol. The highest BCUT2D eigenvalue weighted by Crippen LogP contribution is 2.29. The lowest BCUT2D eigenvalue weighted by Crippen LogP contribution is -2.25. The Hall–Kier alpha value is -3.26. The second kappa shape index (κ2) is 8.40. The van der Waals surface area contributed by atoms with Crippen LogP contribution >= 0.6 is 11.3 Å². The fourth-order valence-electron chi connectivity index (χ4n) is 2.68. The number of rotatable bonds is 6. The minimum atomic E-state index is -3.12. The molecule has 2 aromatic rings. The first-order valence-electron chi connectivity index (χ1n) is 8.65. The Morgan fingerprint density at radius 2 is 2.00 bits per heavy atom. The van der Waals surface area contributed by atoms with E-state index in [0.29, 0.717) is 17.4 Å². The summed E-state index contributed by atoms with van der Waals surface area (Å²) in [6.45, 7) is 3.17. The smallest absolute Gasteiger partial charge is 0.291 e. The molecule has 150 valence electrons. The molecule has 0 unspecified atom stereocenters. The normalized spacial score (nSPS) is 14.7. The standard InChI is InChI=1S/C21H18F2N2O3S/c1-2-21(22,23)14-7-5-13(6-8-14)12-24-19(27)15-9-10-16(17-4-3-11-29-17)25-20(28)18(15)26/h2-9,11,26,28H,1,10,12H2,(H,24,27). The van der Waals surface area contributed by atoms with Gasteiger partial charge < -0.3 is 15.5 Å². The van der Waals surface area contributed by atoms with E-state index in [1.807, 2.05) is 17.5 Å². The summed E-state index contributed by atoms with van der Waals surface area (Å²) >= 11 is 1.43. The van der Waals surface area contributed by atoms with E-state index < -0.39 is 23.5 Å². The van der Waals surface area contributed by atoms with Crippen molar-refractivity contribution in [2.75, 3.05) is 0 Å². The van der Waals surface area contributed by atoms with E-state index in [2.05, 4.69) is 16.9 Å². The molecular weight excluding hydrogens is 398 g/mol. The van der Waals surface area contributed by atoms with Gasteiger partial charge in [-0.2, -0.15) is 8.78 Å². The van der Waals surface area contributed by atoms with Gasteiger partial charge in [0.25, 0.3) is 17.7 Å². The van der Waals surface area contributed by atoms with Crippen molar-refractivity contribution in [1.29, 1.82) is 0 Å². The maximum atomic E-state index is 13.6. The Labute approximate surface area is 170 Å². The van der Waals surface area contributed by atoms with Gasteiger partial charge in [0.15, 0.2) is 5.76 Å². The van der Waals surface area contributed by atoms with Crippen molar-refractivity contribution in [3.63, 3.8) is 0 Å². The highest BCUT2D eigenvalue weighted by atomic mass is 32.1. The second-order valence-corrected chi connectivity index (χ2v) is 7.18. The molecule has 0 radical (unpaired) electrons. The SMILES string of the molecule is C=CC(F)(F)c1ccc(CNC(=O)C2=CCC(c3cccs3)=NC(O)=C2O)cc1. The van der Waals surface area contributed by atoms with Crippen molar-refractivity contribution >= 4 is 23.0 Å². The third kappa shape index (κ3) is 4.60. The summed E-state index contributed by atoms with van der Waals surface area (Å²) < 4.78 is 27.1. The number of aliphatic hydroxyl groups is 2. The largest absolute Gasteiger partial charge is 0.503 e. The molecule has 0 spiro atoms. The van der Waals surface area contributed by atoms with E-state index in [1.165, 1.54) is 41.7 Å². The van der Waals surface area contributed by atoms with Crippen LogP contribution in [-0.2, 0) is 17.3 Å². The zero-order chi connectivity index (χ0) is 21.0. The van der Waals surface area contributed by atoms with Gasteiger partial charge in [-0.25, -0.2) is 4.99 Å². The van der Waals surface area contributed by atoms with Crippen LogP contribution < -0.4 is 5.32 Å². The topological polar surface area (TPSA) is 81.9 Å². The molecule has 0 aliphatic carbocycles. The predicted octanol–water partition coefficient (Wildman–Crippen LogP) is 4.75. The third-order valence-corrected chi connectivity index (χ3v) is 5.22. The van der Waals surface area contributed by atoms with E-state index in [-0.39, 0.29) is 24.1 Å². The van der Waals surface area contributed by atoms with Gasteiger partial charge in [0.2, 0.25) is 0 Å². The third-order valence-electron chi connectivity index (χ3n) is 4.31. The van der Waals surface area contributed by atoms with Gasteiger partial charge in [0.05, 0.1) is 11.3 Å². The van der Waals surface area contributed by atoms with Gasteiger partial charge in [0, 0.05) is 23.4 Å². The van der Waals surface area contributed by atoms with E-state index >= 15 is 0 Å². The van der Waals surface area contributed by atoms with Crippen molar-refractivity contribution in [3.05, 3.63) is 93.7 Å². The Kier molecular flexibility index (Phi) is 5.93. The summed E-state index contributed by atoms with van der Waals surface area (Å²) in [6.07, 6.45) is 2.30. The monoisotopic (exact) mass is 416 g/mol. The molecular formula is C21H18F2N2O3S. The average Bonchev–Trinajstić information content (AvgIpc) is 3.21. The van der Waals surface area contributed by atoms with Gasteiger partial charge in [-0.1, -0.05) is 43.0 Å². The molecule has 0 fully saturated rings. The second-order valence-electron chi connectivity index (χ2n) is 6.24. The maximum Gasteiger partial charge on any atom is 0.291 e. The Balaban J connectivity index is 1.69. The molecule has 5 nitrogen and oxygen atoms in total. The molecule has 1 amide bonds. The molecule has 8 heteroatoms. The number of alkyl halides is 2. The minimum absolute atomic E-state index is 0.0583. The van der Waals surface area contributed by atoms with Crippen molar-refractivity contribution < 1.29 is 23.8 Å². The molecule has 3 rings (SSSR count). The van der Waals surface area contributed by atoms with Crippen LogP contribution in [0.2, 0.25) is 0 Å². The molecule has 1 aliphatic rings. The number of nitrogens with zero attached hydrogens (tertiary/aromatic N) is 1.